The van der Waals surface area contributed by atoms with E-state index >= 15 is 0 Å². The molecule has 1 aliphatic rings. The molecule has 0 aliphatic carbocycles. The Labute approximate surface area is 125 Å². The third-order valence-electron chi connectivity index (χ3n) is 3.78. The molecule has 1 N–H and O–H groups in total. The summed E-state index contributed by atoms with van der Waals surface area (Å²) in [5, 5.41) is 4.43. The van der Waals surface area contributed by atoms with Gasteiger partial charge in [0.1, 0.15) is 5.76 Å². The van der Waals surface area contributed by atoms with E-state index in [0.717, 1.165) is 17.6 Å². The Bertz CT molecular complexity index is 491. The maximum atomic E-state index is 5.62. The third kappa shape index (κ3) is 3.47. The summed E-state index contributed by atoms with van der Waals surface area (Å²) in [6.45, 7) is 1.05. The second-order valence-corrected chi connectivity index (χ2v) is 6.66. The Hall–Kier alpha value is -1.19. The van der Waals surface area contributed by atoms with Gasteiger partial charge in [0, 0.05) is 11.8 Å². The highest BCUT2D eigenvalue weighted by Gasteiger charge is 2.19. The first kappa shape index (κ1) is 13.8. The summed E-state index contributed by atoms with van der Waals surface area (Å²) in [6.07, 6.45) is 5.83. The zero-order valence-electron chi connectivity index (χ0n) is 11.6. The summed E-state index contributed by atoms with van der Waals surface area (Å²) in [4.78, 5) is 0. The van der Waals surface area contributed by atoms with Crippen molar-refractivity contribution >= 4 is 11.8 Å². The van der Waals surface area contributed by atoms with Crippen LogP contribution in [0.2, 0.25) is 0 Å². The molecule has 2 heterocycles. The van der Waals surface area contributed by atoms with Crippen molar-refractivity contribution < 1.29 is 4.42 Å². The van der Waals surface area contributed by atoms with Gasteiger partial charge in [0.15, 0.2) is 0 Å². The van der Waals surface area contributed by atoms with Crippen molar-refractivity contribution in [2.24, 2.45) is 0 Å². The van der Waals surface area contributed by atoms with E-state index in [1.807, 2.05) is 6.07 Å². The number of benzene rings is 1. The lowest BCUT2D eigenvalue weighted by molar-refractivity contribution is 0.442. The molecule has 1 saturated heterocycles. The average molecular weight is 287 g/mol. The van der Waals surface area contributed by atoms with Gasteiger partial charge in [0.05, 0.1) is 12.3 Å². The Balaban J connectivity index is 1.69. The predicted molar refractivity (Wildman–Crippen MR) is 85.1 cm³/mol. The van der Waals surface area contributed by atoms with E-state index < -0.39 is 0 Å². The van der Waals surface area contributed by atoms with Gasteiger partial charge >= 0.3 is 0 Å². The molecule has 2 aromatic rings. The van der Waals surface area contributed by atoms with Crippen molar-refractivity contribution in [2.45, 2.75) is 30.6 Å². The molecule has 1 fully saturated rings. The monoisotopic (exact) mass is 287 g/mol. The van der Waals surface area contributed by atoms with E-state index in [1.54, 1.807) is 6.26 Å². The Morgan fingerprint density at radius 1 is 1.15 bits per heavy atom. The van der Waals surface area contributed by atoms with Crippen molar-refractivity contribution in [2.75, 3.05) is 12.3 Å². The van der Waals surface area contributed by atoms with Crippen LogP contribution >= 0.6 is 11.8 Å². The molecule has 0 radical (unpaired) electrons. The molecule has 0 saturated carbocycles. The molecule has 106 valence electrons. The second kappa shape index (κ2) is 7.00. The van der Waals surface area contributed by atoms with Gasteiger partial charge in [0.25, 0.3) is 0 Å². The van der Waals surface area contributed by atoms with Gasteiger partial charge in [0.2, 0.25) is 0 Å². The van der Waals surface area contributed by atoms with E-state index in [0.29, 0.717) is 0 Å². The lowest BCUT2D eigenvalue weighted by atomic mass is 10.0. The van der Waals surface area contributed by atoms with Crippen LogP contribution in [0.1, 0.15) is 36.6 Å². The van der Waals surface area contributed by atoms with Crippen LogP contribution in [0.4, 0.5) is 0 Å². The fraction of sp³-hybridized carbons (Fsp3) is 0.412. The van der Waals surface area contributed by atoms with Crippen LogP contribution in [0.25, 0.3) is 0 Å². The molecule has 0 bridgehead atoms. The third-order valence-corrected chi connectivity index (χ3v) is 5.18. The van der Waals surface area contributed by atoms with E-state index in [2.05, 4.69) is 53.5 Å². The minimum atomic E-state index is 0.161. The van der Waals surface area contributed by atoms with Crippen molar-refractivity contribution in [3.05, 3.63) is 60.1 Å². The second-order valence-electron chi connectivity index (χ2n) is 5.26. The Morgan fingerprint density at radius 2 is 2.05 bits per heavy atom. The SMILES string of the molecule is c1ccc(C(NCC2CCCCS2)c2ccco2)cc1. The predicted octanol–water partition coefficient (Wildman–Crippen LogP) is 4.24. The summed E-state index contributed by atoms with van der Waals surface area (Å²) in [5.41, 5.74) is 1.27. The van der Waals surface area contributed by atoms with E-state index in [1.165, 1.54) is 30.6 Å². The standard InChI is InChI=1S/C17H21NOS/c1-2-7-14(8-3-1)17(16-10-6-11-19-16)18-13-15-9-4-5-12-20-15/h1-3,6-8,10-11,15,17-18H,4-5,9,12-13H2. The molecule has 20 heavy (non-hydrogen) atoms. The molecule has 2 atom stereocenters. The smallest absolute Gasteiger partial charge is 0.125 e. The molecule has 3 heteroatoms. The van der Waals surface area contributed by atoms with Gasteiger partial charge in [-0.05, 0) is 36.3 Å². The van der Waals surface area contributed by atoms with Gasteiger partial charge < -0.3 is 9.73 Å². The first-order valence-corrected chi connectivity index (χ1v) is 8.42. The Morgan fingerprint density at radius 3 is 2.75 bits per heavy atom. The molecule has 0 spiro atoms. The van der Waals surface area contributed by atoms with Crippen LogP contribution in [0.5, 0.6) is 0 Å². The van der Waals surface area contributed by atoms with Crippen LogP contribution < -0.4 is 5.32 Å². The highest BCUT2D eigenvalue weighted by Crippen LogP contribution is 2.27. The highest BCUT2D eigenvalue weighted by molar-refractivity contribution is 7.99. The minimum Gasteiger partial charge on any atom is -0.467 e. The molecule has 1 aromatic carbocycles. The van der Waals surface area contributed by atoms with Gasteiger partial charge in [-0.15, -0.1) is 0 Å². The Kier molecular flexibility index (Phi) is 4.82. The van der Waals surface area contributed by atoms with Gasteiger partial charge in [-0.3, -0.25) is 0 Å². The molecule has 1 aliphatic heterocycles. The quantitative estimate of drug-likeness (QED) is 0.890. The average Bonchev–Trinajstić information content (AvgIpc) is 3.04. The number of nitrogens with one attached hydrogen (secondary N) is 1. The number of furan rings is 1. The molecule has 2 unspecified atom stereocenters. The summed E-state index contributed by atoms with van der Waals surface area (Å²) < 4.78 is 5.62. The van der Waals surface area contributed by atoms with Gasteiger partial charge in [-0.25, -0.2) is 0 Å². The fourth-order valence-electron chi connectivity index (χ4n) is 2.70. The zero-order valence-corrected chi connectivity index (χ0v) is 12.4. The van der Waals surface area contributed by atoms with Crippen LogP contribution in [0.3, 0.4) is 0 Å². The molecular weight excluding hydrogens is 266 g/mol. The lowest BCUT2D eigenvalue weighted by Crippen LogP contribution is -2.30. The number of hydrogen-bond acceptors (Lipinski definition) is 3. The first-order valence-electron chi connectivity index (χ1n) is 7.37. The van der Waals surface area contributed by atoms with Crippen molar-refractivity contribution in [3.63, 3.8) is 0 Å². The summed E-state index contributed by atoms with van der Waals surface area (Å²) >= 11 is 2.10. The van der Waals surface area contributed by atoms with Crippen LogP contribution in [-0.4, -0.2) is 17.5 Å². The van der Waals surface area contributed by atoms with Gasteiger partial charge in [-0.2, -0.15) is 11.8 Å². The summed E-state index contributed by atoms with van der Waals surface area (Å²) in [6, 6.07) is 14.7. The van der Waals surface area contributed by atoms with Crippen LogP contribution in [-0.2, 0) is 0 Å². The molecule has 0 amide bonds. The van der Waals surface area contributed by atoms with Crippen LogP contribution in [0, 0.1) is 0 Å². The normalized spacial score (nSPS) is 20.7. The largest absolute Gasteiger partial charge is 0.467 e. The molecular formula is C17H21NOS. The van der Waals surface area contributed by atoms with Crippen molar-refractivity contribution in [1.82, 2.24) is 5.32 Å². The van der Waals surface area contributed by atoms with Crippen LogP contribution in [0.15, 0.2) is 53.1 Å². The molecule has 3 rings (SSSR count). The zero-order chi connectivity index (χ0) is 13.6. The first-order chi connectivity index (χ1) is 9.93. The maximum Gasteiger partial charge on any atom is 0.125 e. The van der Waals surface area contributed by atoms with E-state index in [-0.39, 0.29) is 6.04 Å². The summed E-state index contributed by atoms with van der Waals surface area (Å²) in [7, 11) is 0. The topological polar surface area (TPSA) is 25.2 Å². The van der Waals surface area contributed by atoms with Crippen molar-refractivity contribution in [3.8, 4) is 0 Å². The van der Waals surface area contributed by atoms with Gasteiger partial charge in [-0.1, -0.05) is 36.8 Å². The molecule has 1 aromatic heterocycles. The van der Waals surface area contributed by atoms with E-state index in [4.69, 9.17) is 4.42 Å². The minimum absolute atomic E-state index is 0.161. The highest BCUT2D eigenvalue weighted by atomic mass is 32.2. The number of hydrogen-bond donors (Lipinski definition) is 1. The fourth-order valence-corrected chi connectivity index (χ4v) is 3.95. The number of thioether (sulfide) groups is 1. The maximum absolute atomic E-state index is 5.62. The molecule has 2 nitrogen and oxygen atoms in total. The summed E-state index contributed by atoms with van der Waals surface area (Å²) in [5.74, 6) is 2.31. The lowest BCUT2D eigenvalue weighted by Gasteiger charge is -2.24. The van der Waals surface area contributed by atoms with Crippen molar-refractivity contribution in [1.29, 1.82) is 0 Å². The number of rotatable bonds is 5. The van der Waals surface area contributed by atoms with E-state index in [9.17, 15) is 0 Å².